The van der Waals surface area contributed by atoms with E-state index in [9.17, 15) is 34.2 Å². The highest BCUT2D eigenvalue weighted by Crippen LogP contribution is 2.45. The van der Waals surface area contributed by atoms with E-state index >= 15 is 0 Å². The molecule has 3 aromatic heterocycles. The van der Waals surface area contributed by atoms with Crippen molar-refractivity contribution in [3.05, 3.63) is 46.5 Å². The first kappa shape index (κ1) is 31.7. The lowest BCUT2D eigenvalue weighted by Crippen LogP contribution is -2.71. The molecule has 2 aliphatic rings. The molecule has 234 valence electrons. The number of carboxylic acid groups (broad SMARTS) is 2. The van der Waals surface area contributed by atoms with Crippen LogP contribution in [0.15, 0.2) is 44.6 Å². The van der Waals surface area contributed by atoms with Crippen LogP contribution in [0.4, 0.5) is 5.13 Å². The van der Waals surface area contributed by atoms with Gasteiger partial charge in [-0.05, 0) is 42.7 Å². The number of β-lactam (4-membered cyclic amide) rings is 1. The van der Waals surface area contributed by atoms with Gasteiger partial charge in [-0.15, -0.1) is 11.8 Å². The summed E-state index contributed by atoms with van der Waals surface area (Å²) in [4.78, 5) is 76.3. The molecule has 45 heavy (non-hydrogen) atoms. The van der Waals surface area contributed by atoms with Crippen LogP contribution in [0.1, 0.15) is 30.0 Å². The number of hydrogen-bond acceptors (Lipinski definition) is 16. The molecule has 0 aromatic carbocycles. The van der Waals surface area contributed by atoms with Gasteiger partial charge in [0.1, 0.15) is 28.6 Å². The fraction of sp³-hybridized carbons (Fsp3) is 0.261. The van der Waals surface area contributed by atoms with Gasteiger partial charge in [-0.2, -0.15) is 9.36 Å². The molecular weight excluding hydrogens is 673 g/mol. The van der Waals surface area contributed by atoms with Gasteiger partial charge in [-0.1, -0.05) is 5.16 Å². The van der Waals surface area contributed by atoms with Crippen molar-refractivity contribution in [2.45, 2.75) is 35.2 Å². The van der Waals surface area contributed by atoms with Crippen LogP contribution in [0, 0.1) is 0 Å². The van der Waals surface area contributed by atoms with Crippen molar-refractivity contribution in [1.29, 1.82) is 0 Å². The van der Waals surface area contributed by atoms with Crippen LogP contribution in [0.2, 0.25) is 0 Å². The summed E-state index contributed by atoms with van der Waals surface area (Å²) in [5.74, 6) is -4.75. The zero-order chi connectivity index (χ0) is 32.6. The van der Waals surface area contributed by atoms with Crippen LogP contribution < -0.4 is 21.4 Å². The Morgan fingerprint density at radius 2 is 1.89 bits per heavy atom. The maximum Gasteiger partial charge on any atom is 0.451 e. The van der Waals surface area contributed by atoms with Crippen molar-refractivity contribution in [3.8, 4) is 5.95 Å². The molecule has 0 saturated carbocycles. The Bertz CT molecular complexity index is 1790. The summed E-state index contributed by atoms with van der Waals surface area (Å²) in [6.07, 6.45) is 3.11. The van der Waals surface area contributed by atoms with Crippen LogP contribution in [0.3, 0.4) is 0 Å². The van der Waals surface area contributed by atoms with E-state index in [1.807, 2.05) is 0 Å². The molecule has 0 spiro atoms. The van der Waals surface area contributed by atoms with Gasteiger partial charge in [0.15, 0.2) is 5.13 Å². The van der Waals surface area contributed by atoms with Gasteiger partial charge < -0.3 is 31.8 Å². The summed E-state index contributed by atoms with van der Waals surface area (Å²) in [5.41, 5.74) is 8.60. The lowest BCUT2D eigenvalue weighted by atomic mass is 10.0. The molecular formula is C23H21N10O8S4+. The first-order chi connectivity index (χ1) is 21.3. The number of anilines is 1. The second-order valence-corrected chi connectivity index (χ2v) is 13.5. The van der Waals surface area contributed by atoms with Gasteiger partial charge in [-0.3, -0.25) is 19.3 Å². The summed E-state index contributed by atoms with van der Waals surface area (Å²) in [6, 6.07) is 1.86. The SMILES string of the molecule is CC(C)(O/N=C(/C(=O)N[C@@H]1C(=O)N2C(C(=O)O)=C(Sc3nc(-[n+]4ccc(C(N)=O)cc4)ns3)CSC12)c1nsc(N)n1)C(=O)O. The molecule has 2 atom stereocenters. The number of nitrogen functional groups attached to an aromatic ring is 1. The van der Waals surface area contributed by atoms with Gasteiger partial charge in [0, 0.05) is 32.1 Å². The first-order valence-electron chi connectivity index (χ1n) is 12.4. The van der Waals surface area contributed by atoms with Crippen molar-refractivity contribution < 1.29 is 43.6 Å². The fourth-order valence-corrected chi connectivity index (χ4v) is 7.44. The highest BCUT2D eigenvalue weighted by atomic mass is 32.2. The summed E-state index contributed by atoms with van der Waals surface area (Å²) < 4.78 is 10.1. The number of carbonyl (C=O) groups is 5. The minimum atomic E-state index is -1.81. The average Bonchev–Trinajstić information content (AvgIpc) is 3.64. The van der Waals surface area contributed by atoms with Crippen LogP contribution in [0.5, 0.6) is 0 Å². The zero-order valence-corrected chi connectivity index (χ0v) is 26.2. The molecule has 1 saturated heterocycles. The Morgan fingerprint density at radius 1 is 1.18 bits per heavy atom. The third-order valence-corrected chi connectivity index (χ3v) is 9.95. The monoisotopic (exact) mass is 693 g/mol. The summed E-state index contributed by atoms with van der Waals surface area (Å²) in [5, 5.41) is 24.7. The maximum absolute atomic E-state index is 13.2. The van der Waals surface area contributed by atoms with E-state index in [0.29, 0.717) is 14.8 Å². The number of aliphatic carboxylic acids is 2. The van der Waals surface area contributed by atoms with Crippen LogP contribution in [0.25, 0.3) is 5.95 Å². The lowest BCUT2D eigenvalue weighted by Gasteiger charge is -2.49. The number of primary amides is 1. The fourth-order valence-electron chi connectivity index (χ4n) is 3.77. The van der Waals surface area contributed by atoms with E-state index in [0.717, 1.165) is 39.7 Å². The predicted molar refractivity (Wildman–Crippen MR) is 159 cm³/mol. The zero-order valence-electron chi connectivity index (χ0n) is 22.9. The minimum absolute atomic E-state index is 0.000119. The Hall–Kier alpha value is -4.67. The number of amides is 3. The maximum atomic E-state index is 13.2. The lowest BCUT2D eigenvalue weighted by molar-refractivity contribution is -0.603. The number of rotatable bonds is 11. The molecule has 0 aliphatic carbocycles. The molecule has 5 heterocycles. The van der Waals surface area contributed by atoms with Gasteiger partial charge in [0.2, 0.25) is 23.0 Å². The molecule has 0 radical (unpaired) electrons. The topological polar surface area (TPSA) is 270 Å². The molecule has 7 N–H and O–H groups in total. The second kappa shape index (κ2) is 12.4. The van der Waals surface area contributed by atoms with E-state index in [-0.39, 0.29) is 28.4 Å². The predicted octanol–water partition coefficient (Wildman–Crippen LogP) is -0.580. The van der Waals surface area contributed by atoms with Crippen molar-refractivity contribution in [2.75, 3.05) is 11.5 Å². The van der Waals surface area contributed by atoms with Crippen molar-refractivity contribution >= 4 is 87.1 Å². The third kappa shape index (κ3) is 6.43. The van der Waals surface area contributed by atoms with Crippen LogP contribution >= 0.6 is 46.6 Å². The van der Waals surface area contributed by atoms with Crippen LogP contribution in [-0.2, 0) is 24.0 Å². The van der Waals surface area contributed by atoms with Crippen molar-refractivity contribution in [3.63, 3.8) is 0 Å². The summed E-state index contributed by atoms with van der Waals surface area (Å²) >= 11 is 4.03. The number of hydrogen-bond donors (Lipinski definition) is 5. The molecule has 1 fully saturated rings. The van der Waals surface area contributed by atoms with E-state index in [1.165, 1.54) is 37.7 Å². The third-order valence-electron chi connectivity index (χ3n) is 6.12. The van der Waals surface area contributed by atoms with Crippen molar-refractivity contribution in [1.82, 2.24) is 28.9 Å². The molecule has 5 rings (SSSR count). The number of oxime groups is 1. The van der Waals surface area contributed by atoms with Gasteiger partial charge in [0.25, 0.3) is 16.2 Å². The Labute approximate surface area is 268 Å². The Balaban J connectivity index is 1.33. The number of nitrogens with zero attached hydrogens (tertiary/aromatic N) is 7. The van der Waals surface area contributed by atoms with Crippen LogP contribution in [-0.4, -0.2) is 92.0 Å². The Kier molecular flexibility index (Phi) is 8.73. The highest BCUT2D eigenvalue weighted by molar-refractivity contribution is 8.07. The molecule has 0 bridgehead atoms. The first-order valence-corrected chi connectivity index (χ1v) is 15.8. The quantitative estimate of drug-likeness (QED) is 0.0727. The average molecular weight is 694 g/mol. The molecule has 1 unspecified atom stereocenters. The Morgan fingerprint density at radius 3 is 2.49 bits per heavy atom. The number of carbonyl (C=O) groups excluding carboxylic acids is 3. The number of nitrogens with one attached hydrogen (secondary N) is 1. The normalized spacial score (nSPS) is 18.2. The highest BCUT2D eigenvalue weighted by Gasteiger charge is 2.55. The smallest absolute Gasteiger partial charge is 0.451 e. The van der Waals surface area contributed by atoms with Gasteiger partial charge in [0.05, 0.1) is 12.4 Å². The number of nitrogens with two attached hydrogens (primary N) is 2. The standard InChI is InChI=1S/C23H20N10O8S4/c1-23(2,19(39)40)41-29-10(14-27-20(25)44-30-14)15(35)26-11-16(36)33-12(18(37)38)9(7-42-17(11)33)43-22-28-21(31-45-22)32-5-3-8(4-6-32)13(24)34/h3-6,11,17H,7H2,1-2H3,(H6-,24,25,26,27,30,34,35,37,38,39,40)/p+1/b29-10+/t11-,17?/m1/s1. The molecule has 22 heteroatoms. The van der Waals surface area contributed by atoms with Crippen molar-refractivity contribution in [2.24, 2.45) is 10.9 Å². The van der Waals surface area contributed by atoms with Gasteiger partial charge >= 0.3 is 17.9 Å². The second-order valence-electron chi connectivity index (χ2n) is 9.56. The summed E-state index contributed by atoms with van der Waals surface area (Å²) in [6.45, 7) is 2.42. The number of carboxylic acids is 2. The van der Waals surface area contributed by atoms with E-state index in [1.54, 1.807) is 17.0 Å². The van der Waals surface area contributed by atoms with E-state index in [2.05, 4.69) is 29.2 Å². The summed E-state index contributed by atoms with van der Waals surface area (Å²) in [7, 11) is 0. The molecule has 18 nitrogen and oxygen atoms in total. The van der Waals surface area contributed by atoms with Gasteiger partial charge in [-0.25, -0.2) is 14.2 Å². The number of aromatic nitrogens is 5. The minimum Gasteiger partial charge on any atom is -0.478 e. The molecule has 3 aromatic rings. The molecule has 3 amide bonds. The number of pyridine rings is 1. The van der Waals surface area contributed by atoms with E-state index < -0.39 is 52.4 Å². The van der Waals surface area contributed by atoms with E-state index in [4.69, 9.17) is 16.3 Å². The molecule has 2 aliphatic heterocycles. The number of thioether (sulfide) groups is 2. The number of fused-ring (bicyclic) bond motifs is 1. The largest absolute Gasteiger partial charge is 0.478 e.